The molecule has 3 unspecified atom stereocenters. The van der Waals surface area contributed by atoms with E-state index < -0.39 is 18.2 Å². The summed E-state index contributed by atoms with van der Waals surface area (Å²) in [6.07, 6.45) is 78.7. The molecular formula is C64H107NO5. The van der Waals surface area contributed by atoms with E-state index in [1.165, 1.54) is 116 Å². The van der Waals surface area contributed by atoms with E-state index in [-0.39, 0.29) is 31.3 Å². The highest BCUT2D eigenvalue weighted by molar-refractivity contribution is 5.78. The largest absolute Gasteiger partial charge is 0.458 e. The first-order chi connectivity index (χ1) is 34.5. The number of unbranched alkanes of at least 4 members (excludes halogenated alkanes) is 20. The summed E-state index contributed by atoms with van der Waals surface area (Å²) >= 11 is 0. The lowest BCUT2D eigenvalue weighted by molar-refractivity contribution is -0.148. The Morgan fingerprint density at radius 1 is 0.443 bits per heavy atom. The van der Waals surface area contributed by atoms with Crippen molar-refractivity contribution >= 4 is 11.9 Å². The Morgan fingerprint density at radius 3 is 1.21 bits per heavy atom. The van der Waals surface area contributed by atoms with Crippen LogP contribution in [0.2, 0.25) is 0 Å². The molecule has 0 radical (unpaired) electrons. The average molecular weight is 971 g/mol. The van der Waals surface area contributed by atoms with E-state index in [1.54, 1.807) is 6.08 Å². The third kappa shape index (κ3) is 50.6. The Balaban J connectivity index is 4.81. The minimum absolute atomic E-state index is 0.0760. The Kier molecular flexibility index (Phi) is 53.2. The first kappa shape index (κ1) is 66.3. The Labute approximate surface area is 431 Å². The number of ether oxygens (including phenoxy) is 1. The molecule has 0 fully saturated rings. The van der Waals surface area contributed by atoms with Crippen molar-refractivity contribution in [3.05, 3.63) is 122 Å². The van der Waals surface area contributed by atoms with Gasteiger partial charge in [0.05, 0.1) is 25.2 Å². The summed E-state index contributed by atoms with van der Waals surface area (Å²) in [5.41, 5.74) is 0. The molecule has 0 aliphatic heterocycles. The maximum Gasteiger partial charge on any atom is 0.306 e. The number of esters is 1. The lowest BCUT2D eigenvalue weighted by Gasteiger charge is -2.23. The Morgan fingerprint density at radius 2 is 0.800 bits per heavy atom. The topological polar surface area (TPSA) is 95.9 Å². The fraction of sp³-hybridized carbons (Fsp3) is 0.656. The minimum atomic E-state index is -0.838. The number of carbonyl (C=O) groups is 2. The van der Waals surface area contributed by atoms with Crippen molar-refractivity contribution in [2.45, 2.75) is 264 Å². The van der Waals surface area contributed by atoms with Crippen molar-refractivity contribution in [1.82, 2.24) is 5.32 Å². The van der Waals surface area contributed by atoms with Crippen molar-refractivity contribution in [2.75, 3.05) is 6.61 Å². The molecule has 6 heteroatoms. The van der Waals surface area contributed by atoms with Crippen LogP contribution in [-0.4, -0.2) is 46.9 Å². The molecule has 398 valence electrons. The van der Waals surface area contributed by atoms with Gasteiger partial charge in [0.1, 0.15) is 6.10 Å². The van der Waals surface area contributed by atoms with Crippen LogP contribution in [0.1, 0.15) is 245 Å². The van der Waals surface area contributed by atoms with Crippen LogP contribution in [0.4, 0.5) is 0 Å². The summed E-state index contributed by atoms with van der Waals surface area (Å²) in [5, 5.41) is 23.8. The molecular weight excluding hydrogens is 863 g/mol. The molecule has 0 aliphatic carbocycles. The fourth-order valence-electron chi connectivity index (χ4n) is 7.95. The molecule has 0 rings (SSSR count). The molecule has 0 bridgehead atoms. The van der Waals surface area contributed by atoms with Crippen LogP contribution in [-0.2, 0) is 14.3 Å². The molecule has 0 heterocycles. The zero-order valence-electron chi connectivity index (χ0n) is 45.4. The molecule has 0 aromatic rings. The van der Waals surface area contributed by atoms with Gasteiger partial charge < -0.3 is 20.3 Å². The van der Waals surface area contributed by atoms with Crippen LogP contribution >= 0.6 is 0 Å². The molecule has 0 aromatic heterocycles. The van der Waals surface area contributed by atoms with Gasteiger partial charge in [0, 0.05) is 6.42 Å². The summed E-state index contributed by atoms with van der Waals surface area (Å²) in [6, 6.07) is -0.763. The second-order valence-electron chi connectivity index (χ2n) is 19.0. The zero-order chi connectivity index (χ0) is 50.9. The van der Waals surface area contributed by atoms with Gasteiger partial charge in [-0.15, -0.1) is 0 Å². The van der Waals surface area contributed by atoms with Gasteiger partial charge in [-0.05, 0) is 96.0 Å². The molecule has 0 saturated heterocycles. The minimum Gasteiger partial charge on any atom is -0.458 e. The molecule has 0 aromatic carbocycles. The number of carbonyl (C=O) groups excluding carboxylic acids is 2. The summed E-state index contributed by atoms with van der Waals surface area (Å²) in [6.45, 7) is 6.30. The summed E-state index contributed by atoms with van der Waals surface area (Å²) < 4.78 is 5.82. The van der Waals surface area contributed by atoms with E-state index in [4.69, 9.17) is 4.74 Å². The second-order valence-corrected chi connectivity index (χ2v) is 19.0. The average Bonchev–Trinajstić information content (AvgIpc) is 3.35. The van der Waals surface area contributed by atoms with Crippen molar-refractivity contribution in [1.29, 1.82) is 0 Å². The van der Waals surface area contributed by atoms with E-state index >= 15 is 0 Å². The summed E-state index contributed by atoms with van der Waals surface area (Å²) in [7, 11) is 0. The predicted octanol–water partition coefficient (Wildman–Crippen LogP) is 18.0. The molecule has 3 N–H and O–H groups in total. The smallest absolute Gasteiger partial charge is 0.306 e. The van der Waals surface area contributed by atoms with Gasteiger partial charge in [-0.2, -0.15) is 0 Å². The van der Waals surface area contributed by atoms with Crippen LogP contribution in [0.5, 0.6) is 0 Å². The van der Waals surface area contributed by atoms with Gasteiger partial charge in [-0.25, -0.2) is 0 Å². The van der Waals surface area contributed by atoms with Gasteiger partial charge in [-0.1, -0.05) is 258 Å². The highest BCUT2D eigenvalue weighted by Gasteiger charge is 2.23. The summed E-state index contributed by atoms with van der Waals surface area (Å²) in [4.78, 5) is 26.2. The van der Waals surface area contributed by atoms with Gasteiger partial charge in [0.25, 0.3) is 0 Å². The maximum absolute atomic E-state index is 13.2. The lowest BCUT2D eigenvalue weighted by atomic mass is 10.0. The van der Waals surface area contributed by atoms with Gasteiger partial charge >= 0.3 is 5.97 Å². The summed E-state index contributed by atoms with van der Waals surface area (Å²) in [5.74, 6) is -0.704. The zero-order valence-corrected chi connectivity index (χ0v) is 45.4. The van der Waals surface area contributed by atoms with Crippen LogP contribution in [0, 0.1) is 0 Å². The van der Waals surface area contributed by atoms with Crippen LogP contribution < -0.4 is 5.32 Å². The number of nitrogens with one attached hydrogen (secondary N) is 1. The van der Waals surface area contributed by atoms with Crippen molar-refractivity contribution < 1.29 is 24.5 Å². The van der Waals surface area contributed by atoms with Crippen molar-refractivity contribution in [3.63, 3.8) is 0 Å². The molecule has 1 amide bonds. The number of aliphatic hydroxyl groups excluding tert-OH is 2. The quantitative estimate of drug-likeness (QED) is 0.0321. The van der Waals surface area contributed by atoms with E-state index in [2.05, 4.69) is 135 Å². The van der Waals surface area contributed by atoms with Crippen molar-refractivity contribution in [2.24, 2.45) is 0 Å². The molecule has 0 saturated carbocycles. The number of aliphatic hydroxyl groups is 2. The maximum atomic E-state index is 13.2. The Hall–Kier alpha value is -3.74. The predicted molar refractivity (Wildman–Crippen MR) is 305 cm³/mol. The molecule has 6 nitrogen and oxygen atoms in total. The number of hydrogen-bond donors (Lipinski definition) is 3. The third-order valence-corrected chi connectivity index (χ3v) is 12.3. The number of allylic oxidation sites excluding steroid dienone is 19. The number of rotatable bonds is 50. The fourth-order valence-corrected chi connectivity index (χ4v) is 7.95. The normalized spacial score (nSPS) is 14.1. The molecule has 3 atom stereocenters. The first-order valence-electron chi connectivity index (χ1n) is 28.8. The van der Waals surface area contributed by atoms with Gasteiger partial charge in [0.2, 0.25) is 5.91 Å². The second kappa shape index (κ2) is 56.2. The molecule has 0 spiro atoms. The monoisotopic (exact) mass is 970 g/mol. The standard InChI is InChI=1S/C64H107NO5/c1-4-7-10-13-16-19-22-25-28-31-34-37-40-43-46-49-52-55-60(70-64(69)57-54-51-48-45-42-39-36-33-30-27-24-21-18-15-12-9-6-3)58-63(68)65-61(59-66)62(67)56-53-50-47-44-41-38-35-32-29-26-23-20-17-14-11-8-5-2/h7,10,16,18-19,21,25,27-28,30,34,36-37,39,43,45-46,48,52,55,60-62,66-67H,4-6,8-9,11-15,17,20,22-24,26,29,31-33,35,38,40-42,44,47,49-51,53-54,56-59H2,1-3H3,(H,65,68)/b10-7-,19-16-,21-18-,28-25-,30-27-,37-34-,39-36-,46-43-,48-45-,55-52-. The highest BCUT2D eigenvalue weighted by Crippen LogP contribution is 2.16. The van der Waals surface area contributed by atoms with E-state index in [1.807, 2.05) is 6.08 Å². The number of hydrogen-bond acceptors (Lipinski definition) is 5. The Bertz CT molecular complexity index is 1460. The third-order valence-electron chi connectivity index (χ3n) is 12.3. The lowest BCUT2D eigenvalue weighted by Crippen LogP contribution is -2.46. The van der Waals surface area contributed by atoms with Crippen LogP contribution in [0.3, 0.4) is 0 Å². The number of amides is 1. The molecule has 0 aliphatic rings. The van der Waals surface area contributed by atoms with E-state index in [0.717, 1.165) is 77.0 Å². The SMILES string of the molecule is CC/C=C\C/C=C\C/C=C\C/C=C\C/C=C\C/C=C\C(CC(=O)NC(CO)C(O)CCCCCCCCCCCCCCCCCCC)OC(=O)CCC/C=C\C/C=C\C/C=C\C/C=C\CCCCC. The van der Waals surface area contributed by atoms with Gasteiger partial charge in [-0.3, -0.25) is 9.59 Å². The van der Waals surface area contributed by atoms with E-state index in [9.17, 15) is 19.8 Å². The van der Waals surface area contributed by atoms with Crippen LogP contribution in [0.15, 0.2) is 122 Å². The molecule has 70 heavy (non-hydrogen) atoms. The van der Waals surface area contributed by atoms with Gasteiger partial charge in [0.15, 0.2) is 0 Å². The highest BCUT2D eigenvalue weighted by atomic mass is 16.5. The van der Waals surface area contributed by atoms with Crippen molar-refractivity contribution in [3.8, 4) is 0 Å². The van der Waals surface area contributed by atoms with E-state index in [0.29, 0.717) is 19.3 Å². The van der Waals surface area contributed by atoms with Crippen LogP contribution in [0.25, 0.3) is 0 Å². The first-order valence-corrected chi connectivity index (χ1v) is 28.8.